The molecule has 2 heterocycles. The van der Waals surface area contributed by atoms with Gasteiger partial charge in [-0.25, -0.2) is 0 Å². The topological polar surface area (TPSA) is 45.8 Å². The van der Waals surface area contributed by atoms with Gasteiger partial charge in [0.2, 0.25) is 0 Å². The molecule has 0 atom stereocenters. The van der Waals surface area contributed by atoms with Crippen LogP contribution in [0.3, 0.4) is 0 Å². The van der Waals surface area contributed by atoms with Crippen LogP contribution in [0.2, 0.25) is 0 Å². The number of H-pyrrole nitrogens is 1. The van der Waals surface area contributed by atoms with E-state index >= 15 is 0 Å². The van der Waals surface area contributed by atoms with Crippen LogP contribution in [0.15, 0.2) is 29.3 Å². The molecule has 2 rings (SSSR count). The highest BCUT2D eigenvalue weighted by Crippen LogP contribution is 2.14. The maximum absolute atomic E-state index is 11.6. The molecule has 2 aromatic rings. The molecule has 0 aromatic carbocycles. The number of aromatic amines is 1. The van der Waals surface area contributed by atoms with E-state index in [1.807, 2.05) is 19.9 Å². The minimum atomic E-state index is -0.00120. The summed E-state index contributed by atoms with van der Waals surface area (Å²) in [5.41, 5.74) is 1.65. The summed E-state index contributed by atoms with van der Waals surface area (Å²) in [6.07, 6.45) is 3.43. The first-order chi connectivity index (χ1) is 6.68. The number of hydrogen-bond donors (Lipinski definition) is 1. The first-order valence-electron chi connectivity index (χ1n) is 4.65. The molecule has 2 aromatic heterocycles. The number of nitrogens with one attached hydrogen (secondary N) is 1. The van der Waals surface area contributed by atoms with Crippen molar-refractivity contribution in [3.63, 3.8) is 0 Å². The molecule has 0 radical (unpaired) electrons. The number of hydrogen-bond acceptors (Lipinski definition) is 2. The van der Waals surface area contributed by atoms with Gasteiger partial charge in [0.25, 0.3) is 5.56 Å². The van der Waals surface area contributed by atoms with Gasteiger partial charge < -0.3 is 4.98 Å². The second kappa shape index (κ2) is 3.25. The van der Waals surface area contributed by atoms with E-state index < -0.39 is 0 Å². The van der Waals surface area contributed by atoms with Crippen molar-refractivity contribution in [2.75, 3.05) is 0 Å². The Morgan fingerprint density at radius 2 is 2.21 bits per heavy atom. The fourth-order valence-corrected chi connectivity index (χ4v) is 1.49. The monoisotopic (exact) mass is 188 g/mol. The second-order valence-electron chi connectivity index (χ2n) is 3.67. The van der Waals surface area contributed by atoms with E-state index in [2.05, 4.69) is 9.97 Å². The Morgan fingerprint density at radius 1 is 1.43 bits per heavy atom. The second-order valence-corrected chi connectivity index (χ2v) is 3.67. The molecule has 3 heteroatoms. The van der Waals surface area contributed by atoms with Gasteiger partial charge in [-0.1, -0.05) is 13.8 Å². The van der Waals surface area contributed by atoms with E-state index in [9.17, 15) is 4.79 Å². The molecule has 0 saturated carbocycles. The molecule has 0 aliphatic rings. The van der Waals surface area contributed by atoms with Gasteiger partial charge >= 0.3 is 0 Å². The number of aromatic nitrogens is 2. The maximum atomic E-state index is 11.6. The molecule has 0 spiro atoms. The Hall–Kier alpha value is -1.64. The van der Waals surface area contributed by atoms with Crippen molar-refractivity contribution in [2.45, 2.75) is 19.8 Å². The van der Waals surface area contributed by atoms with E-state index in [0.29, 0.717) is 0 Å². The van der Waals surface area contributed by atoms with Crippen LogP contribution >= 0.6 is 0 Å². The molecule has 1 N–H and O–H groups in total. The first-order valence-corrected chi connectivity index (χ1v) is 4.65. The van der Waals surface area contributed by atoms with Crippen LogP contribution in [0.4, 0.5) is 0 Å². The molecular formula is C11H12N2O. The van der Waals surface area contributed by atoms with Gasteiger partial charge in [-0.05, 0) is 18.1 Å². The first kappa shape index (κ1) is 8.94. The van der Waals surface area contributed by atoms with Gasteiger partial charge in [-0.3, -0.25) is 9.78 Å². The van der Waals surface area contributed by atoms with Crippen molar-refractivity contribution in [3.05, 3.63) is 40.4 Å². The Bertz CT molecular complexity index is 514. The lowest BCUT2D eigenvalue weighted by Crippen LogP contribution is -2.13. The summed E-state index contributed by atoms with van der Waals surface area (Å²) in [5.74, 6) is 0.239. The summed E-state index contributed by atoms with van der Waals surface area (Å²) in [7, 11) is 0. The van der Waals surface area contributed by atoms with Crippen LogP contribution in [-0.2, 0) is 0 Å². The molecule has 0 unspecified atom stereocenters. The normalized spacial score (nSPS) is 11.1. The Kier molecular flexibility index (Phi) is 2.08. The Morgan fingerprint density at radius 3 is 2.93 bits per heavy atom. The average Bonchev–Trinajstić information content (AvgIpc) is 2.16. The number of rotatable bonds is 1. The number of nitrogens with zero attached hydrogens (tertiary/aromatic N) is 1. The molecule has 0 bridgehead atoms. The van der Waals surface area contributed by atoms with Gasteiger partial charge in [0.05, 0.1) is 5.52 Å². The van der Waals surface area contributed by atoms with Crippen LogP contribution in [0.1, 0.15) is 25.3 Å². The zero-order chi connectivity index (χ0) is 10.1. The molecule has 0 amide bonds. The third-order valence-electron chi connectivity index (χ3n) is 2.30. The van der Waals surface area contributed by atoms with Crippen LogP contribution in [0.25, 0.3) is 10.9 Å². The number of pyridine rings is 2. The standard InChI is InChI=1S/C11H12N2O/c1-7(2)9-5-8-6-12-4-3-10(8)13-11(9)14/h3-7H,1-2H3,(H,13,14). The minimum absolute atomic E-state index is 0.00120. The molecule has 0 aliphatic carbocycles. The molecule has 3 nitrogen and oxygen atoms in total. The third-order valence-corrected chi connectivity index (χ3v) is 2.30. The largest absolute Gasteiger partial charge is 0.322 e. The van der Waals surface area contributed by atoms with E-state index in [1.165, 1.54) is 0 Å². The van der Waals surface area contributed by atoms with Gasteiger partial charge in [0.15, 0.2) is 0 Å². The van der Waals surface area contributed by atoms with Gasteiger partial charge in [-0.15, -0.1) is 0 Å². The van der Waals surface area contributed by atoms with Gasteiger partial charge in [-0.2, -0.15) is 0 Å². The minimum Gasteiger partial charge on any atom is -0.322 e. The molecule has 72 valence electrons. The molecule has 14 heavy (non-hydrogen) atoms. The SMILES string of the molecule is CC(C)c1cc2cnccc2[nH]c1=O. The molecule has 0 fully saturated rings. The molecular weight excluding hydrogens is 176 g/mol. The summed E-state index contributed by atoms with van der Waals surface area (Å²) < 4.78 is 0. The lowest BCUT2D eigenvalue weighted by atomic mass is 10.0. The predicted molar refractivity (Wildman–Crippen MR) is 56.5 cm³/mol. The predicted octanol–water partition coefficient (Wildman–Crippen LogP) is 2.05. The summed E-state index contributed by atoms with van der Waals surface area (Å²) >= 11 is 0. The maximum Gasteiger partial charge on any atom is 0.251 e. The zero-order valence-electron chi connectivity index (χ0n) is 8.24. The van der Waals surface area contributed by atoms with E-state index in [4.69, 9.17) is 0 Å². The quantitative estimate of drug-likeness (QED) is 0.744. The van der Waals surface area contributed by atoms with Crippen molar-refractivity contribution in [2.24, 2.45) is 0 Å². The lowest BCUT2D eigenvalue weighted by molar-refractivity contribution is 0.848. The third kappa shape index (κ3) is 1.41. The van der Waals surface area contributed by atoms with Crippen molar-refractivity contribution in [3.8, 4) is 0 Å². The van der Waals surface area contributed by atoms with E-state index in [1.54, 1.807) is 18.5 Å². The summed E-state index contributed by atoms with van der Waals surface area (Å²) in [6, 6.07) is 3.71. The Labute approximate surface area is 81.8 Å². The van der Waals surface area contributed by atoms with Gasteiger partial charge in [0, 0.05) is 23.3 Å². The summed E-state index contributed by atoms with van der Waals surface area (Å²) in [4.78, 5) is 18.5. The van der Waals surface area contributed by atoms with E-state index in [-0.39, 0.29) is 11.5 Å². The number of fused-ring (bicyclic) bond motifs is 1. The smallest absolute Gasteiger partial charge is 0.251 e. The van der Waals surface area contributed by atoms with Crippen LogP contribution < -0.4 is 5.56 Å². The highest BCUT2D eigenvalue weighted by Gasteiger charge is 2.05. The molecule has 0 saturated heterocycles. The fraction of sp³-hybridized carbons (Fsp3) is 0.273. The van der Waals surface area contributed by atoms with Crippen LogP contribution in [0.5, 0.6) is 0 Å². The fourth-order valence-electron chi connectivity index (χ4n) is 1.49. The van der Waals surface area contributed by atoms with Crippen LogP contribution in [-0.4, -0.2) is 9.97 Å². The van der Waals surface area contributed by atoms with Crippen molar-refractivity contribution < 1.29 is 0 Å². The van der Waals surface area contributed by atoms with E-state index in [0.717, 1.165) is 16.5 Å². The average molecular weight is 188 g/mol. The zero-order valence-corrected chi connectivity index (χ0v) is 8.24. The van der Waals surface area contributed by atoms with Gasteiger partial charge in [0.1, 0.15) is 0 Å². The highest BCUT2D eigenvalue weighted by atomic mass is 16.1. The molecule has 0 aliphatic heterocycles. The van der Waals surface area contributed by atoms with Crippen molar-refractivity contribution in [1.82, 2.24) is 9.97 Å². The summed E-state index contributed by atoms with van der Waals surface area (Å²) in [5, 5.41) is 0.982. The van der Waals surface area contributed by atoms with Crippen molar-refractivity contribution >= 4 is 10.9 Å². The lowest BCUT2D eigenvalue weighted by Gasteiger charge is -2.04. The van der Waals surface area contributed by atoms with Crippen LogP contribution in [0, 0.1) is 0 Å². The highest BCUT2D eigenvalue weighted by molar-refractivity contribution is 5.77. The summed E-state index contributed by atoms with van der Waals surface area (Å²) in [6.45, 7) is 4.01. The van der Waals surface area contributed by atoms with Crippen molar-refractivity contribution in [1.29, 1.82) is 0 Å². The Balaban J connectivity index is 2.78.